The van der Waals surface area contributed by atoms with Crippen molar-refractivity contribution in [2.24, 2.45) is 4.99 Å². The van der Waals surface area contributed by atoms with E-state index in [9.17, 15) is 0 Å². The highest BCUT2D eigenvalue weighted by Crippen LogP contribution is 2.29. The SMILES string of the molecule is C=NCc1cccc(Nc2nc(-c3ccc4ccccc4c3)cs2)c1. The number of anilines is 2. The molecule has 3 nitrogen and oxygen atoms in total. The predicted octanol–water partition coefficient (Wildman–Crippen LogP) is 5.91. The molecule has 0 aliphatic heterocycles. The monoisotopic (exact) mass is 343 g/mol. The van der Waals surface area contributed by atoms with E-state index < -0.39 is 0 Å². The lowest BCUT2D eigenvalue weighted by atomic mass is 10.1. The average Bonchev–Trinajstić information content (AvgIpc) is 3.10. The first-order valence-electron chi connectivity index (χ1n) is 8.05. The van der Waals surface area contributed by atoms with Crippen LogP contribution in [-0.2, 0) is 6.54 Å². The maximum absolute atomic E-state index is 4.73. The van der Waals surface area contributed by atoms with E-state index in [2.05, 4.69) is 70.9 Å². The van der Waals surface area contributed by atoms with Gasteiger partial charge in [0.25, 0.3) is 0 Å². The van der Waals surface area contributed by atoms with E-state index in [0.717, 1.165) is 27.6 Å². The Morgan fingerprint density at radius 1 is 0.960 bits per heavy atom. The number of nitrogens with one attached hydrogen (secondary N) is 1. The van der Waals surface area contributed by atoms with Crippen molar-refractivity contribution in [2.45, 2.75) is 6.54 Å². The Balaban J connectivity index is 1.59. The second kappa shape index (κ2) is 6.87. The molecule has 1 aromatic heterocycles. The first-order valence-corrected chi connectivity index (χ1v) is 8.93. The van der Waals surface area contributed by atoms with Crippen LogP contribution in [0.4, 0.5) is 10.8 Å². The lowest BCUT2D eigenvalue weighted by Gasteiger charge is -2.04. The van der Waals surface area contributed by atoms with Gasteiger partial charge in [-0.1, -0.05) is 48.5 Å². The molecule has 3 aromatic carbocycles. The highest BCUT2D eigenvalue weighted by Gasteiger charge is 2.06. The van der Waals surface area contributed by atoms with Gasteiger partial charge in [0.15, 0.2) is 5.13 Å². The molecular formula is C21H17N3S. The average molecular weight is 343 g/mol. The second-order valence-electron chi connectivity index (χ2n) is 5.81. The van der Waals surface area contributed by atoms with Crippen LogP contribution >= 0.6 is 11.3 Å². The molecule has 4 heteroatoms. The number of hydrogen-bond donors (Lipinski definition) is 1. The van der Waals surface area contributed by atoms with Gasteiger partial charge >= 0.3 is 0 Å². The summed E-state index contributed by atoms with van der Waals surface area (Å²) in [6.45, 7) is 4.17. The molecule has 0 bridgehead atoms. The number of thiazole rings is 1. The van der Waals surface area contributed by atoms with Crippen LogP contribution in [0.25, 0.3) is 22.0 Å². The zero-order valence-electron chi connectivity index (χ0n) is 13.6. The lowest BCUT2D eigenvalue weighted by molar-refractivity contribution is 1.08. The molecule has 122 valence electrons. The van der Waals surface area contributed by atoms with Crippen molar-refractivity contribution in [2.75, 3.05) is 5.32 Å². The summed E-state index contributed by atoms with van der Waals surface area (Å²) in [5.74, 6) is 0. The van der Waals surface area contributed by atoms with Crippen LogP contribution in [0.2, 0.25) is 0 Å². The number of aromatic nitrogens is 1. The van der Waals surface area contributed by atoms with Crippen LogP contribution in [0, 0.1) is 0 Å². The number of benzene rings is 3. The van der Waals surface area contributed by atoms with Crippen LogP contribution in [0.3, 0.4) is 0 Å². The number of nitrogens with zero attached hydrogens (tertiary/aromatic N) is 2. The Morgan fingerprint density at radius 3 is 2.72 bits per heavy atom. The zero-order chi connectivity index (χ0) is 17.1. The van der Waals surface area contributed by atoms with Crippen LogP contribution in [0.15, 0.2) is 77.1 Å². The first-order chi connectivity index (χ1) is 12.3. The fraction of sp³-hybridized carbons (Fsp3) is 0.0476. The van der Waals surface area contributed by atoms with Gasteiger partial charge in [-0.15, -0.1) is 11.3 Å². The standard InChI is InChI=1S/C21H17N3S/c1-22-13-15-5-4-8-19(11-15)23-21-24-20(14-25-21)18-10-9-16-6-2-3-7-17(16)12-18/h2-12,14H,1,13H2,(H,23,24). The Kier molecular flexibility index (Phi) is 4.27. The predicted molar refractivity (Wildman–Crippen MR) is 108 cm³/mol. The van der Waals surface area contributed by atoms with Gasteiger partial charge in [0.05, 0.1) is 12.2 Å². The summed E-state index contributed by atoms with van der Waals surface area (Å²) in [7, 11) is 0. The third-order valence-electron chi connectivity index (χ3n) is 4.02. The number of rotatable bonds is 5. The molecule has 4 aromatic rings. The number of aliphatic imine (C=N–C) groups is 1. The van der Waals surface area contributed by atoms with E-state index in [1.54, 1.807) is 11.3 Å². The summed E-state index contributed by atoms with van der Waals surface area (Å²) < 4.78 is 0. The maximum Gasteiger partial charge on any atom is 0.187 e. The molecule has 1 heterocycles. The van der Waals surface area contributed by atoms with Crippen molar-refractivity contribution in [3.05, 3.63) is 77.7 Å². The van der Waals surface area contributed by atoms with Gasteiger partial charge in [-0.2, -0.15) is 0 Å². The van der Waals surface area contributed by atoms with Crippen molar-refractivity contribution < 1.29 is 0 Å². The molecule has 0 saturated carbocycles. The molecular weight excluding hydrogens is 326 g/mol. The fourth-order valence-corrected chi connectivity index (χ4v) is 3.55. The van der Waals surface area contributed by atoms with Crippen LogP contribution in [-0.4, -0.2) is 11.7 Å². The molecule has 0 unspecified atom stereocenters. The molecule has 0 radical (unpaired) electrons. The third-order valence-corrected chi connectivity index (χ3v) is 4.78. The van der Waals surface area contributed by atoms with Gasteiger partial charge in [-0.05, 0) is 41.3 Å². The Bertz CT molecular complexity index is 1040. The van der Waals surface area contributed by atoms with E-state index in [0.29, 0.717) is 6.54 Å². The zero-order valence-corrected chi connectivity index (χ0v) is 14.5. The lowest BCUT2D eigenvalue weighted by Crippen LogP contribution is -1.91. The van der Waals surface area contributed by atoms with Crippen molar-refractivity contribution in [3.63, 3.8) is 0 Å². The minimum Gasteiger partial charge on any atom is -0.332 e. The van der Waals surface area contributed by atoms with Crippen molar-refractivity contribution in [3.8, 4) is 11.3 Å². The van der Waals surface area contributed by atoms with Gasteiger partial charge in [0.2, 0.25) is 0 Å². The summed E-state index contributed by atoms with van der Waals surface area (Å²) in [6.07, 6.45) is 0. The molecule has 0 atom stereocenters. The highest BCUT2D eigenvalue weighted by molar-refractivity contribution is 7.14. The quantitative estimate of drug-likeness (QED) is 0.458. The molecule has 0 amide bonds. The topological polar surface area (TPSA) is 37.3 Å². The summed E-state index contributed by atoms with van der Waals surface area (Å²) in [4.78, 5) is 8.66. The Morgan fingerprint density at radius 2 is 1.84 bits per heavy atom. The van der Waals surface area contributed by atoms with Crippen molar-refractivity contribution in [1.82, 2.24) is 4.98 Å². The van der Waals surface area contributed by atoms with Gasteiger partial charge < -0.3 is 5.32 Å². The van der Waals surface area contributed by atoms with E-state index >= 15 is 0 Å². The second-order valence-corrected chi connectivity index (χ2v) is 6.67. The van der Waals surface area contributed by atoms with E-state index in [1.807, 2.05) is 18.2 Å². The van der Waals surface area contributed by atoms with Crippen molar-refractivity contribution in [1.29, 1.82) is 0 Å². The Hall–Kier alpha value is -2.98. The summed E-state index contributed by atoms with van der Waals surface area (Å²) in [5.41, 5.74) is 4.27. The van der Waals surface area contributed by atoms with E-state index in [-0.39, 0.29) is 0 Å². The van der Waals surface area contributed by atoms with Crippen molar-refractivity contribution >= 4 is 39.6 Å². The highest BCUT2D eigenvalue weighted by atomic mass is 32.1. The minimum atomic E-state index is 0.621. The molecule has 0 saturated heterocycles. The van der Waals surface area contributed by atoms with Gasteiger partial charge in [-0.3, -0.25) is 4.99 Å². The summed E-state index contributed by atoms with van der Waals surface area (Å²) in [6, 6.07) is 23.0. The van der Waals surface area contributed by atoms with Gasteiger partial charge in [0, 0.05) is 16.6 Å². The minimum absolute atomic E-state index is 0.621. The molecule has 1 N–H and O–H groups in total. The normalized spacial score (nSPS) is 10.7. The number of hydrogen-bond acceptors (Lipinski definition) is 4. The van der Waals surface area contributed by atoms with Gasteiger partial charge in [-0.25, -0.2) is 4.98 Å². The smallest absolute Gasteiger partial charge is 0.187 e. The summed E-state index contributed by atoms with van der Waals surface area (Å²) in [5, 5.41) is 8.81. The molecule has 4 rings (SSSR count). The molecule has 0 spiro atoms. The van der Waals surface area contributed by atoms with Crippen LogP contribution in [0.5, 0.6) is 0 Å². The summed E-state index contributed by atoms with van der Waals surface area (Å²) >= 11 is 1.61. The van der Waals surface area contributed by atoms with E-state index in [4.69, 9.17) is 4.98 Å². The molecule has 25 heavy (non-hydrogen) atoms. The molecule has 0 fully saturated rings. The molecule has 0 aliphatic carbocycles. The fourth-order valence-electron chi connectivity index (χ4n) is 2.81. The Labute approximate surface area is 150 Å². The van der Waals surface area contributed by atoms with Gasteiger partial charge in [0.1, 0.15) is 0 Å². The van der Waals surface area contributed by atoms with Crippen LogP contribution < -0.4 is 5.32 Å². The number of fused-ring (bicyclic) bond motifs is 1. The largest absolute Gasteiger partial charge is 0.332 e. The molecule has 0 aliphatic rings. The maximum atomic E-state index is 4.73. The third kappa shape index (κ3) is 3.44. The van der Waals surface area contributed by atoms with Crippen LogP contribution in [0.1, 0.15) is 5.56 Å². The first kappa shape index (κ1) is 15.5. The van der Waals surface area contributed by atoms with E-state index in [1.165, 1.54) is 10.8 Å².